The lowest BCUT2D eigenvalue weighted by atomic mass is 9.88. The predicted octanol–water partition coefficient (Wildman–Crippen LogP) is 5.92. The fourth-order valence-corrected chi connectivity index (χ4v) is 6.21. The van der Waals surface area contributed by atoms with Gasteiger partial charge in [-0.15, -0.1) is 0 Å². The Bertz CT molecular complexity index is 1290. The number of carbonyl (C=O) groups is 1. The minimum Gasteiger partial charge on any atom is -0.299 e. The number of aromatic nitrogens is 1. The van der Waals surface area contributed by atoms with Crippen LogP contribution in [0, 0.1) is 11.7 Å². The molecule has 5 heteroatoms. The van der Waals surface area contributed by atoms with Gasteiger partial charge < -0.3 is 0 Å². The van der Waals surface area contributed by atoms with Crippen LogP contribution in [0.4, 0.5) is 4.39 Å². The first-order chi connectivity index (χ1) is 18.1. The van der Waals surface area contributed by atoms with Crippen LogP contribution in [0.2, 0.25) is 0 Å². The number of halogens is 1. The highest BCUT2D eigenvalue weighted by molar-refractivity contribution is 5.97. The van der Waals surface area contributed by atoms with E-state index in [0.29, 0.717) is 12.3 Å². The normalized spacial score (nSPS) is 18.6. The van der Waals surface area contributed by atoms with Gasteiger partial charge in [0.2, 0.25) is 0 Å². The molecule has 37 heavy (non-hydrogen) atoms. The number of hydrogen-bond acceptors (Lipinski definition) is 4. The summed E-state index contributed by atoms with van der Waals surface area (Å²) in [7, 11) is 0. The molecule has 2 aliphatic heterocycles. The molecule has 3 aromatic rings. The van der Waals surface area contributed by atoms with Crippen molar-refractivity contribution in [1.82, 2.24) is 14.8 Å². The maximum Gasteiger partial charge on any atom is 0.163 e. The Labute approximate surface area is 218 Å². The summed E-state index contributed by atoms with van der Waals surface area (Å²) in [6, 6.07) is 17.4. The summed E-state index contributed by atoms with van der Waals surface area (Å²) in [5.41, 5.74) is 8.81. The molecule has 6 rings (SSSR count). The number of piperidine rings is 1. The van der Waals surface area contributed by atoms with E-state index >= 15 is 0 Å². The molecule has 1 aliphatic carbocycles. The van der Waals surface area contributed by atoms with Crippen LogP contribution >= 0.6 is 0 Å². The van der Waals surface area contributed by atoms with Crippen molar-refractivity contribution in [2.75, 3.05) is 26.2 Å². The Kier molecular flexibility index (Phi) is 6.99. The van der Waals surface area contributed by atoms with E-state index in [1.807, 2.05) is 36.7 Å². The first kappa shape index (κ1) is 24.2. The van der Waals surface area contributed by atoms with Gasteiger partial charge in [-0.1, -0.05) is 35.9 Å². The van der Waals surface area contributed by atoms with Crippen molar-refractivity contribution in [2.45, 2.75) is 45.2 Å². The van der Waals surface area contributed by atoms with Crippen molar-refractivity contribution in [3.05, 3.63) is 106 Å². The highest BCUT2D eigenvalue weighted by Gasteiger charge is 2.28. The topological polar surface area (TPSA) is 36.4 Å². The Balaban J connectivity index is 1.07. The molecule has 0 spiro atoms. The largest absolute Gasteiger partial charge is 0.299 e. The number of benzene rings is 2. The number of Topliss-reactive ketones (excluding diaryl/α,β-unsaturated/α-hetero) is 1. The van der Waals surface area contributed by atoms with Crippen LogP contribution in [0.25, 0.3) is 5.57 Å². The van der Waals surface area contributed by atoms with Crippen molar-refractivity contribution in [1.29, 1.82) is 0 Å². The van der Waals surface area contributed by atoms with E-state index in [9.17, 15) is 9.18 Å². The summed E-state index contributed by atoms with van der Waals surface area (Å²) in [6.45, 7) is 5.76. The Morgan fingerprint density at radius 3 is 2.54 bits per heavy atom. The molecule has 3 aliphatic rings. The molecule has 1 saturated heterocycles. The molecular formula is C32H34FN3O. The second-order valence-corrected chi connectivity index (χ2v) is 10.9. The van der Waals surface area contributed by atoms with Crippen LogP contribution in [0.15, 0.2) is 72.6 Å². The molecule has 0 bridgehead atoms. The lowest BCUT2D eigenvalue weighted by Gasteiger charge is -2.31. The monoisotopic (exact) mass is 495 g/mol. The van der Waals surface area contributed by atoms with Crippen molar-refractivity contribution in [3.8, 4) is 0 Å². The van der Waals surface area contributed by atoms with Crippen molar-refractivity contribution in [2.24, 2.45) is 5.92 Å². The Hall–Kier alpha value is -3.15. The highest BCUT2D eigenvalue weighted by Crippen LogP contribution is 2.39. The number of fused-ring (bicyclic) bond motifs is 2. The number of likely N-dealkylation sites (tertiary alicyclic amines) is 1. The molecule has 3 heterocycles. The zero-order valence-corrected chi connectivity index (χ0v) is 21.3. The molecular weight excluding hydrogens is 461 g/mol. The fourth-order valence-electron chi connectivity index (χ4n) is 6.21. The fraction of sp³-hybridized carbons (Fsp3) is 0.375. The summed E-state index contributed by atoms with van der Waals surface area (Å²) in [5.74, 6) is 0.549. The molecule has 190 valence electrons. The molecule has 0 unspecified atom stereocenters. The zero-order chi connectivity index (χ0) is 25.2. The molecule has 0 atom stereocenters. The maximum atomic E-state index is 13.3. The van der Waals surface area contributed by atoms with E-state index in [1.54, 1.807) is 0 Å². The summed E-state index contributed by atoms with van der Waals surface area (Å²) >= 11 is 0. The number of carbonyl (C=O) groups excluding carboxylic acids is 1. The molecule has 0 saturated carbocycles. The van der Waals surface area contributed by atoms with Gasteiger partial charge in [0, 0.05) is 50.6 Å². The van der Waals surface area contributed by atoms with E-state index in [-0.39, 0.29) is 11.6 Å². The second kappa shape index (κ2) is 10.7. The average molecular weight is 496 g/mol. The maximum absolute atomic E-state index is 13.3. The van der Waals surface area contributed by atoms with Crippen LogP contribution in [0.3, 0.4) is 0 Å². The Morgan fingerprint density at radius 2 is 1.76 bits per heavy atom. The van der Waals surface area contributed by atoms with Crippen molar-refractivity contribution < 1.29 is 9.18 Å². The van der Waals surface area contributed by atoms with Gasteiger partial charge in [-0.2, -0.15) is 0 Å². The molecule has 1 fully saturated rings. The average Bonchev–Trinajstić information content (AvgIpc) is 3.29. The van der Waals surface area contributed by atoms with Gasteiger partial charge in [-0.25, -0.2) is 4.39 Å². The van der Waals surface area contributed by atoms with E-state index < -0.39 is 0 Å². The predicted molar refractivity (Wildman–Crippen MR) is 145 cm³/mol. The third-order valence-electron chi connectivity index (χ3n) is 8.33. The standard InChI is InChI=1S/C32H34FN3O/c33-29-7-3-24(4-8-29)20-36-15-11-27-17-26-5-6-28(18-30(26)31(27)22-36)32(37)16-23-9-13-35(14-10-23)21-25-2-1-12-34-19-25/h1-8,12,18-19,23H,9-11,13-17,20-22H2. The third-order valence-corrected chi connectivity index (χ3v) is 8.33. The molecule has 4 nitrogen and oxygen atoms in total. The van der Waals surface area contributed by atoms with Crippen molar-refractivity contribution >= 4 is 11.4 Å². The van der Waals surface area contributed by atoms with Gasteiger partial charge in [-0.05, 0) is 96.8 Å². The van der Waals surface area contributed by atoms with Gasteiger partial charge in [-0.3, -0.25) is 19.6 Å². The molecule has 0 radical (unpaired) electrons. The minimum absolute atomic E-state index is 0.190. The second-order valence-electron chi connectivity index (χ2n) is 10.9. The molecule has 2 aromatic carbocycles. The summed E-state index contributed by atoms with van der Waals surface area (Å²) in [4.78, 5) is 22.4. The lowest BCUT2D eigenvalue weighted by Crippen LogP contribution is -2.34. The molecule has 0 N–H and O–H groups in total. The van der Waals surface area contributed by atoms with Gasteiger partial charge in [0.05, 0.1) is 0 Å². The van der Waals surface area contributed by atoms with Crippen LogP contribution < -0.4 is 0 Å². The van der Waals surface area contributed by atoms with E-state index in [4.69, 9.17) is 0 Å². The molecule has 1 aromatic heterocycles. The number of pyridine rings is 1. The summed E-state index contributed by atoms with van der Waals surface area (Å²) in [6.07, 6.45) is 8.62. The van der Waals surface area contributed by atoms with E-state index in [1.165, 1.54) is 40.0 Å². The van der Waals surface area contributed by atoms with Gasteiger partial charge in [0.15, 0.2) is 5.78 Å². The van der Waals surface area contributed by atoms with Gasteiger partial charge >= 0.3 is 0 Å². The smallest absolute Gasteiger partial charge is 0.163 e. The number of rotatable bonds is 7. The van der Waals surface area contributed by atoms with Crippen LogP contribution in [-0.2, 0) is 19.5 Å². The lowest BCUT2D eigenvalue weighted by molar-refractivity contribution is 0.0925. The van der Waals surface area contributed by atoms with Gasteiger partial charge in [0.1, 0.15) is 5.82 Å². The van der Waals surface area contributed by atoms with Gasteiger partial charge in [0.25, 0.3) is 0 Å². The highest BCUT2D eigenvalue weighted by atomic mass is 19.1. The number of ketones is 1. The van der Waals surface area contributed by atoms with E-state index in [0.717, 1.165) is 76.1 Å². The Morgan fingerprint density at radius 1 is 0.946 bits per heavy atom. The summed E-state index contributed by atoms with van der Waals surface area (Å²) in [5, 5.41) is 0. The first-order valence-electron chi connectivity index (χ1n) is 13.6. The minimum atomic E-state index is -0.190. The SMILES string of the molecule is O=C(CC1CCN(Cc2cccnc2)CC1)c1ccc2c(c1)C1=C(CCN(Cc3ccc(F)cc3)C1)C2. The number of nitrogens with zero attached hydrogens (tertiary/aromatic N) is 3. The van der Waals surface area contributed by atoms with Crippen LogP contribution in [0.5, 0.6) is 0 Å². The summed E-state index contributed by atoms with van der Waals surface area (Å²) < 4.78 is 13.3. The van der Waals surface area contributed by atoms with Crippen molar-refractivity contribution in [3.63, 3.8) is 0 Å². The van der Waals surface area contributed by atoms with Crippen LogP contribution in [0.1, 0.15) is 58.3 Å². The van der Waals surface area contributed by atoms with E-state index in [2.05, 4.69) is 33.0 Å². The number of hydrogen-bond donors (Lipinski definition) is 0. The third kappa shape index (κ3) is 5.58. The van der Waals surface area contributed by atoms with Crippen LogP contribution in [-0.4, -0.2) is 46.7 Å². The molecule has 0 amide bonds. The first-order valence-corrected chi connectivity index (χ1v) is 13.6. The quantitative estimate of drug-likeness (QED) is 0.381. The zero-order valence-electron chi connectivity index (χ0n) is 21.3.